The van der Waals surface area contributed by atoms with Gasteiger partial charge in [-0.25, -0.2) is 4.98 Å². The van der Waals surface area contributed by atoms with E-state index in [9.17, 15) is 0 Å². The maximum absolute atomic E-state index is 6.09. The van der Waals surface area contributed by atoms with Crippen molar-refractivity contribution in [2.45, 2.75) is 37.8 Å². The van der Waals surface area contributed by atoms with Crippen LogP contribution in [0, 0.1) is 0 Å². The molecule has 5 nitrogen and oxygen atoms in total. The van der Waals surface area contributed by atoms with E-state index in [4.69, 9.17) is 17.3 Å². The molecule has 6 heteroatoms. The summed E-state index contributed by atoms with van der Waals surface area (Å²) in [5.41, 5.74) is 5.60. The minimum Gasteiger partial charge on any atom is -0.368 e. The summed E-state index contributed by atoms with van der Waals surface area (Å²) in [5, 5.41) is 3.98. The molecule has 2 atom stereocenters. The van der Waals surface area contributed by atoms with Crippen molar-refractivity contribution in [3.05, 3.63) is 11.2 Å². The molecule has 0 bridgehead atoms. The van der Waals surface area contributed by atoms with Gasteiger partial charge >= 0.3 is 0 Å². The average Bonchev–Trinajstić information content (AvgIpc) is 2.78. The van der Waals surface area contributed by atoms with Gasteiger partial charge < -0.3 is 11.1 Å². The van der Waals surface area contributed by atoms with E-state index < -0.39 is 0 Å². The van der Waals surface area contributed by atoms with Crippen molar-refractivity contribution in [1.82, 2.24) is 14.9 Å². The highest BCUT2D eigenvalue weighted by Gasteiger charge is 2.35. The fourth-order valence-corrected chi connectivity index (χ4v) is 3.22. The molecular formula is C12H18ClN5. The number of nitrogens with zero attached hydrogens (tertiary/aromatic N) is 3. The smallest absolute Gasteiger partial charge is 0.222 e. The van der Waals surface area contributed by atoms with Crippen molar-refractivity contribution in [2.24, 2.45) is 0 Å². The Morgan fingerprint density at radius 3 is 3.11 bits per heavy atom. The number of nitrogens with two attached hydrogens (primary N) is 1. The molecule has 3 heterocycles. The molecule has 2 aliphatic heterocycles. The van der Waals surface area contributed by atoms with E-state index in [2.05, 4.69) is 20.2 Å². The van der Waals surface area contributed by atoms with E-state index in [0.29, 0.717) is 22.9 Å². The summed E-state index contributed by atoms with van der Waals surface area (Å²) in [5.74, 6) is 0.932. The summed E-state index contributed by atoms with van der Waals surface area (Å²) in [6.07, 6.45) is 6.60. The van der Waals surface area contributed by atoms with Crippen LogP contribution in [0.25, 0.3) is 0 Å². The molecule has 98 valence electrons. The molecule has 0 spiro atoms. The first-order valence-electron chi connectivity index (χ1n) is 6.52. The zero-order valence-electron chi connectivity index (χ0n) is 10.3. The number of rotatable bonds is 2. The molecule has 18 heavy (non-hydrogen) atoms. The predicted octanol–water partition coefficient (Wildman–Crippen LogP) is 1.75. The van der Waals surface area contributed by atoms with Gasteiger partial charge in [0.1, 0.15) is 5.02 Å². The van der Waals surface area contributed by atoms with Gasteiger partial charge in [0.05, 0.1) is 6.20 Å². The van der Waals surface area contributed by atoms with Gasteiger partial charge in [0, 0.05) is 18.6 Å². The predicted molar refractivity (Wildman–Crippen MR) is 72.7 cm³/mol. The summed E-state index contributed by atoms with van der Waals surface area (Å²) in [6, 6.07) is 1.04. The number of nitrogens with one attached hydrogen (secondary N) is 1. The van der Waals surface area contributed by atoms with Gasteiger partial charge in [-0.15, -0.1) is 0 Å². The second kappa shape index (κ2) is 4.90. The van der Waals surface area contributed by atoms with Gasteiger partial charge in [-0.05, 0) is 25.8 Å². The molecule has 2 fully saturated rings. The van der Waals surface area contributed by atoms with Gasteiger partial charge in [-0.3, -0.25) is 4.90 Å². The van der Waals surface area contributed by atoms with Crippen molar-refractivity contribution < 1.29 is 0 Å². The van der Waals surface area contributed by atoms with Crippen LogP contribution in [0.5, 0.6) is 0 Å². The topological polar surface area (TPSA) is 67.1 Å². The standard InChI is InChI=1S/C12H18ClN5/c13-8-7-15-12(14)17-11(8)16-9-4-6-18-5-2-1-3-10(9)18/h7,9-10H,1-6H2,(H3,14,15,16,17). The molecule has 0 aromatic carbocycles. The van der Waals surface area contributed by atoms with E-state index in [1.165, 1.54) is 32.4 Å². The van der Waals surface area contributed by atoms with Crippen molar-refractivity contribution in [1.29, 1.82) is 0 Å². The molecule has 3 N–H and O–H groups in total. The number of hydrogen-bond donors (Lipinski definition) is 2. The van der Waals surface area contributed by atoms with E-state index in [1.807, 2.05) is 0 Å². The molecule has 2 saturated heterocycles. The summed E-state index contributed by atoms with van der Waals surface area (Å²) in [7, 11) is 0. The van der Waals surface area contributed by atoms with Crippen LogP contribution >= 0.6 is 11.6 Å². The quantitative estimate of drug-likeness (QED) is 0.855. The largest absolute Gasteiger partial charge is 0.368 e. The Morgan fingerprint density at radius 1 is 1.33 bits per heavy atom. The van der Waals surface area contributed by atoms with Gasteiger partial charge in [-0.2, -0.15) is 4.98 Å². The van der Waals surface area contributed by atoms with E-state index >= 15 is 0 Å². The first kappa shape index (κ1) is 12.0. The van der Waals surface area contributed by atoms with Gasteiger partial charge in [0.25, 0.3) is 0 Å². The lowest BCUT2D eigenvalue weighted by Gasteiger charge is -2.32. The average molecular weight is 268 g/mol. The van der Waals surface area contributed by atoms with Crippen molar-refractivity contribution in [3.63, 3.8) is 0 Å². The highest BCUT2D eigenvalue weighted by atomic mass is 35.5. The third kappa shape index (κ3) is 2.24. The Bertz CT molecular complexity index is 438. The van der Waals surface area contributed by atoms with Gasteiger partial charge in [0.2, 0.25) is 5.95 Å². The van der Waals surface area contributed by atoms with E-state index in [-0.39, 0.29) is 5.95 Å². The number of halogens is 1. The van der Waals surface area contributed by atoms with Crippen LogP contribution in [0.4, 0.5) is 11.8 Å². The lowest BCUT2D eigenvalue weighted by molar-refractivity contribution is 0.192. The third-order valence-corrected chi connectivity index (χ3v) is 4.22. The zero-order chi connectivity index (χ0) is 12.5. The fraction of sp³-hybridized carbons (Fsp3) is 0.667. The molecule has 1 aromatic heterocycles. The Hall–Kier alpha value is -1.07. The minimum atomic E-state index is 0.264. The monoisotopic (exact) mass is 267 g/mol. The Morgan fingerprint density at radius 2 is 2.22 bits per heavy atom. The number of anilines is 2. The first-order chi connectivity index (χ1) is 8.74. The molecule has 0 aliphatic carbocycles. The van der Waals surface area contributed by atoms with Crippen LogP contribution in [0.1, 0.15) is 25.7 Å². The molecule has 0 radical (unpaired) electrons. The van der Waals surface area contributed by atoms with Crippen LogP contribution in [0.2, 0.25) is 5.02 Å². The summed E-state index contributed by atoms with van der Waals surface area (Å²) in [4.78, 5) is 10.6. The van der Waals surface area contributed by atoms with Crippen molar-refractivity contribution >= 4 is 23.4 Å². The Balaban J connectivity index is 1.74. The number of hydrogen-bond acceptors (Lipinski definition) is 5. The Labute approximate surface area is 112 Å². The lowest BCUT2D eigenvalue weighted by atomic mass is 9.99. The molecule has 0 amide bonds. The lowest BCUT2D eigenvalue weighted by Crippen LogP contribution is -2.41. The van der Waals surface area contributed by atoms with E-state index in [0.717, 1.165) is 6.42 Å². The molecule has 2 unspecified atom stereocenters. The minimum absolute atomic E-state index is 0.264. The van der Waals surface area contributed by atoms with Crippen LogP contribution in [-0.4, -0.2) is 40.0 Å². The SMILES string of the molecule is Nc1ncc(Cl)c(NC2CCN3CCCCC23)n1. The highest BCUT2D eigenvalue weighted by molar-refractivity contribution is 6.32. The van der Waals surface area contributed by atoms with Crippen LogP contribution in [-0.2, 0) is 0 Å². The number of fused-ring (bicyclic) bond motifs is 1. The van der Waals surface area contributed by atoms with Crippen molar-refractivity contribution in [3.8, 4) is 0 Å². The fourth-order valence-electron chi connectivity index (χ4n) is 3.07. The zero-order valence-corrected chi connectivity index (χ0v) is 11.0. The van der Waals surface area contributed by atoms with Crippen molar-refractivity contribution in [2.75, 3.05) is 24.1 Å². The third-order valence-electron chi connectivity index (χ3n) is 3.94. The van der Waals surface area contributed by atoms with Crippen LogP contribution in [0.3, 0.4) is 0 Å². The van der Waals surface area contributed by atoms with Gasteiger partial charge in [-0.1, -0.05) is 18.0 Å². The molecule has 0 saturated carbocycles. The van der Waals surface area contributed by atoms with Crippen LogP contribution in [0.15, 0.2) is 6.20 Å². The summed E-state index contributed by atoms with van der Waals surface area (Å²) in [6.45, 7) is 2.39. The Kier molecular flexibility index (Phi) is 3.26. The first-order valence-corrected chi connectivity index (χ1v) is 6.90. The summed E-state index contributed by atoms with van der Waals surface area (Å²) >= 11 is 6.09. The number of nitrogen functional groups attached to an aromatic ring is 1. The molecule has 1 aromatic rings. The maximum Gasteiger partial charge on any atom is 0.222 e. The normalized spacial score (nSPS) is 28.1. The molecule has 3 rings (SSSR count). The highest BCUT2D eigenvalue weighted by Crippen LogP contribution is 2.30. The van der Waals surface area contributed by atoms with Gasteiger partial charge in [0.15, 0.2) is 5.82 Å². The molecule has 2 aliphatic rings. The molecular weight excluding hydrogens is 250 g/mol. The second-order valence-corrected chi connectivity index (χ2v) is 5.47. The maximum atomic E-state index is 6.09. The number of aromatic nitrogens is 2. The van der Waals surface area contributed by atoms with E-state index in [1.54, 1.807) is 6.20 Å². The second-order valence-electron chi connectivity index (χ2n) is 5.06. The van der Waals surface area contributed by atoms with Crippen LogP contribution < -0.4 is 11.1 Å². The summed E-state index contributed by atoms with van der Waals surface area (Å²) < 4.78 is 0. The number of piperidine rings is 1.